The smallest absolute Gasteiger partial charge is 0.256 e. The van der Waals surface area contributed by atoms with E-state index >= 15 is 0 Å². The molecule has 1 aromatic carbocycles. The first-order chi connectivity index (χ1) is 13.6. The van der Waals surface area contributed by atoms with E-state index in [2.05, 4.69) is 45.0 Å². The Labute approximate surface area is 167 Å². The molecule has 0 bridgehead atoms. The topological polar surface area (TPSA) is 64.7 Å². The van der Waals surface area contributed by atoms with Crippen molar-refractivity contribution in [3.8, 4) is 17.1 Å². The molecule has 0 aliphatic rings. The number of benzene rings is 1. The van der Waals surface area contributed by atoms with E-state index in [4.69, 9.17) is 0 Å². The molecule has 6 nitrogen and oxygen atoms in total. The molecule has 0 saturated carbocycles. The Kier molecular flexibility index (Phi) is 5.08. The number of thiazole rings is 1. The molecule has 0 saturated heterocycles. The van der Waals surface area contributed by atoms with Crippen LogP contribution in [0.4, 0.5) is 0 Å². The Hall–Kier alpha value is -3.19. The summed E-state index contributed by atoms with van der Waals surface area (Å²) in [7, 11) is 1.83. The summed E-state index contributed by atoms with van der Waals surface area (Å²) in [5.74, 6) is 0.636. The third-order valence-electron chi connectivity index (χ3n) is 4.57. The lowest BCUT2D eigenvalue weighted by Gasteiger charge is -2.09. The van der Waals surface area contributed by atoms with E-state index in [0.29, 0.717) is 12.1 Å². The first-order valence-corrected chi connectivity index (χ1v) is 9.95. The van der Waals surface area contributed by atoms with Gasteiger partial charge in [-0.1, -0.05) is 24.3 Å². The lowest BCUT2D eigenvalue weighted by Crippen LogP contribution is -2.26. The van der Waals surface area contributed by atoms with Gasteiger partial charge in [0.2, 0.25) is 0 Å². The molecule has 1 amide bonds. The highest BCUT2D eigenvalue weighted by molar-refractivity contribution is 7.09. The minimum absolute atomic E-state index is 0.119. The van der Waals surface area contributed by atoms with Gasteiger partial charge in [0.1, 0.15) is 11.4 Å². The molecule has 3 heterocycles. The maximum atomic E-state index is 12.6. The summed E-state index contributed by atoms with van der Waals surface area (Å²) in [6.07, 6.45) is 6.18. The van der Waals surface area contributed by atoms with Gasteiger partial charge in [-0.15, -0.1) is 11.3 Å². The van der Waals surface area contributed by atoms with E-state index in [1.165, 1.54) is 5.56 Å². The third-order valence-corrected chi connectivity index (χ3v) is 5.34. The quantitative estimate of drug-likeness (QED) is 0.546. The molecule has 4 aromatic rings. The average molecular weight is 392 g/mol. The summed E-state index contributed by atoms with van der Waals surface area (Å²) in [5.41, 5.74) is 3.86. The predicted octanol–water partition coefficient (Wildman–Crippen LogP) is 3.62. The minimum Gasteiger partial charge on any atom is -0.352 e. The Bertz CT molecular complexity index is 1080. The Morgan fingerprint density at radius 3 is 2.61 bits per heavy atom. The molecule has 0 radical (unpaired) electrons. The first kappa shape index (κ1) is 18.2. The van der Waals surface area contributed by atoms with Crippen LogP contribution in [0.15, 0.2) is 60.4 Å². The average Bonchev–Trinajstić information content (AvgIpc) is 3.43. The molecule has 0 unspecified atom stereocenters. The number of aryl methyl sites for hydroxylation is 2. The van der Waals surface area contributed by atoms with Crippen LogP contribution in [0, 0.1) is 6.92 Å². The van der Waals surface area contributed by atoms with Gasteiger partial charge in [-0.05, 0) is 31.0 Å². The lowest BCUT2D eigenvalue weighted by molar-refractivity contribution is 0.0954. The first-order valence-electron chi connectivity index (χ1n) is 9.07. The zero-order valence-electron chi connectivity index (χ0n) is 15.8. The highest BCUT2D eigenvalue weighted by Gasteiger charge is 2.16. The predicted molar refractivity (Wildman–Crippen MR) is 111 cm³/mol. The molecule has 28 heavy (non-hydrogen) atoms. The summed E-state index contributed by atoms with van der Waals surface area (Å²) in [4.78, 5) is 17.1. The molecule has 0 fully saturated rings. The second-order valence-electron chi connectivity index (χ2n) is 6.55. The standard InChI is InChI=1S/C21H21N5OS/c1-15-24-19(14-28-15)17-7-5-16(6-8-17)9-10-22-20(27)18-13-23-25(2)21(18)26-11-3-4-12-26/h3-8,11-14H,9-10H2,1-2H3,(H,22,27). The summed E-state index contributed by atoms with van der Waals surface area (Å²) < 4.78 is 3.59. The number of nitrogens with zero attached hydrogens (tertiary/aromatic N) is 4. The van der Waals surface area contributed by atoms with Gasteiger partial charge in [-0.25, -0.2) is 4.98 Å². The van der Waals surface area contributed by atoms with Crippen molar-refractivity contribution in [2.24, 2.45) is 7.05 Å². The fraction of sp³-hybridized carbons (Fsp3) is 0.190. The minimum atomic E-state index is -0.119. The molecule has 142 valence electrons. The Morgan fingerprint density at radius 1 is 1.18 bits per heavy atom. The molecule has 0 spiro atoms. The number of aromatic nitrogens is 4. The van der Waals surface area contributed by atoms with Gasteiger partial charge in [-0.2, -0.15) is 5.10 Å². The van der Waals surface area contributed by atoms with Crippen LogP contribution in [0.25, 0.3) is 17.1 Å². The maximum Gasteiger partial charge on any atom is 0.256 e. The fourth-order valence-corrected chi connectivity index (χ4v) is 3.75. The molecule has 1 N–H and O–H groups in total. The van der Waals surface area contributed by atoms with E-state index in [-0.39, 0.29) is 5.91 Å². The van der Waals surface area contributed by atoms with E-state index < -0.39 is 0 Å². The van der Waals surface area contributed by atoms with Gasteiger partial charge >= 0.3 is 0 Å². The van der Waals surface area contributed by atoms with Gasteiger partial charge in [0.25, 0.3) is 5.91 Å². The van der Waals surface area contributed by atoms with Gasteiger partial charge in [0.15, 0.2) is 0 Å². The normalized spacial score (nSPS) is 10.9. The summed E-state index contributed by atoms with van der Waals surface area (Å²) >= 11 is 1.65. The summed E-state index contributed by atoms with van der Waals surface area (Å²) in [6, 6.07) is 12.2. The van der Waals surface area contributed by atoms with E-state index in [1.54, 1.807) is 22.2 Å². The van der Waals surface area contributed by atoms with Crippen molar-refractivity contribution in [2.45, 2.75) is 13.3 Å². The van der Waals surface area contributed by atoms with E-state index in [0.717, 1.165) is 28.5 Å². The molecular weight excluding hydrogens is 370 g/mol. The lowest BCUT2D eigenvalue weighted by atomic mass is 10.1. The van der Waals surface area contributed by atoms with Crippen molar-refractivity contribution in [1.82, 2.24) is 24.6 Å². The number of hydrogen-bond acceptors (Lipinski definition) is 4. The van der Waals surface area contributed by atoms with Crippen LogP contribution in [0.2, 0.25) is 0 Å². The van der Waals surface area contributed by atoms with Gasteiger partial charge in [0, 0.05) is 36.9 Å². The van der Waals surface area contributed by atoms with Crippen molar-refractivity contribution in [2.75, 3.05) is 6.54 Å². The molecule has 3 aromatic heterocycles. The number of amides is 1. The number of rotatable bonds is 6. The Balaban J connectivity index is 1.37. The van der Waals surface area contributed by atoms with E-state index in [1.807, 2.05) is 43.1 Å². The van der Waals surface area contributed by atoms with Crippen molar-refractivity contribution < 1.29 is 4.79 Å². The molecule has 4 rings (SSSR count). The van der Waals surface area contributed by atoms with Gasteiger partial charge < -0.3 is 9.88 Å². The van der Waals surface area contributed by atoms with Crippen LogP contribution in [0.3, 0.4) is 0 Å². The number of carbonyl (C=O) groups excluding carboxylic acids is 1. The van der Waals surface area contributed by atoms with Crippen LogP contribution in [0.5, 0.6) is 0 Å². The van der Waals surface area contributed by atoms with Gasteiger partial charge in [0.05, 0.1) is 16.9 Å². The SMILES string of the molecule is Cc1nc(-c2ccc(CCNC(=O)c3cnn(C)c3-n3cccc3)cc2)cs1. The Morgan fingerprint density at radius 2 is 1.93 bits per heavy atom. The van der Waals surface area contributed by atoms with Crippen LogP contribution in [0.1, 0.15) is 20.9 Å². The van der Waals surface area contributed by atoms with Crippen LogP contribution >= 0.6 is 11.3 Å². The van der Waals surface area contributed by atoms with Crippen LogP contribution < -0.4 is 5.32 Å². The zero-order valence-corrected chi connectivity index (χ0v) is 16.6. The largest absolute Gasteiger partial charge is 0.352 e. The summed E-state index contributed by atoms with van der Waals surface area (Å²) in [6.45, 7) is 2.57. The zero-order chi connectivity index (χ0) is 19.5. The molecule has 7 heteroatoms. The second kappa shape index (κ2) is 7.82. The molecule has 0 aliphatic heterocycles. The molecule has 0 aliphatic carbocycles. The van der Waals surface area contributed by atoms with Crippen LogP contribution in [-0.4, -0.2) is 31.8 Å². The van der Waals surface area contributed by atoms with Crippen molar-refractivity contribution >= 4 is 17.2 Å². The van der Waals surface area contributed by atoms with Crippen molar-refractivity contribution in [3.05, 3.63) is 76.5 Å². The fourth-order valence-electron chi connectivity index (χ4n) is 3.13. The van der Waals surface area contributed by atoms with Crippen molar-refractivity contribution in [1.29, 1.82) is 0 Å². The molecular formula is C21H21N5OS. The summed E-state index contributed by atoms with van der Waals surface area (Å²) in [5, 5.41) is 10.4. The molecule has 0 atom stereocenters. The van der Waals surface area contributed by atoms with Crippen LogP contribution in [-0.2, 0) is 13.5 Å². The third kappa shape index (κ3) is 3.75. The highest BCUT2D eigenvalue weighted by Crippen LogP contribution is 2.22. The highest BCUT2D eigenvalue weighted by atomic mass is 32.1. The number of carbonyl (C=O) groups is 1. The number of nitrogens with one attached hydrogen (secondary N) is 1. The maximum absolute atomic E-state index is 12.6. The monoisotopic (exact) mass is 391 g/mol. The van der Waals surface area contributed by atoms with Gasteiger partial charge in [-0.3, -0.25) is 9.48 Å². The van der Waals surface area contributed by atoms with Crippen molar-refractivity contribution in [3.63, 3.8) is 0 Å². The number of hydrogen-bond donors (Lipinski definition) is 1. The van der Waals surface area contributed by atoms with E-state index in [9.17, 15) is 4.79 Å². The second-order valence-corrected chi connectivity index (χ2v) is 7.61.